The highest BCUT2D eigenvalue weighted by Gasteiger charge is 2.07. The molecule has 0 radical (unpaired) electrons. The average Bonchev–Trinajstić information content (AvgIpc) is 2.59. The monoisotopic (exact) mass is 211 g/mol. The van der Waals surface area contributed by atoms with Crippen LogP contribution >= 0.6 is 12.4 Å². The van der Waals surface area contributed by atoms with Gasteiger partial charge in [-0.2, -0.15) is 0 Å². The van der Waals surface area contributed by atoms with Gasteiger partial charge < -0.3 is 9.15 Å². The molecule has 1 heterocycles. The fourth-order valence-electron chi connectivity index (χ4n) is 1.19. The van der Waals surface area contributed by atoms with Crippen molar-refractivity contribution < 1.29 is 9.15 Å². The van der Waals surface area contributed by atoms with Gasteiger partial charge in [0.25, 0.3) is 0 Å². The molecule has 74 valence electrons. The smallest absolute Gasteiger partial charge is 0.249 e. The van der Waals surface area contributed by atoms with Gasteiger partial charge in [0.15, 0.2) is 5.76 Å². The molecule has 1 N–H and O–H groups in total. The quantitative estimate of drug-likeness (QED) is 0.582. The van der Waals surface area contributed by atoms with Gasteiger partial charge in [-0.25, -0.2) is 0 Å². The molecule has 0 atom stereocenters. The van der Waals surface area contributed by atoms with Crippen LogP contribution in [0.4, 0.5) is 0 Å². The van der Waals surface area contributed by atoms with Crippen LogP contribution in [0.5, 0.6) is 0 Å². The van der Waals surface area contributed by atoms with Gasteiger partial charge in [0.2, 0.25) is 5.90 Å². The summed E-state index contributed by atoms with van der Waals surface area (Å²) in [5.41, 5.74) is 0.777. The molecule has 3 nitrogen and oxygen atoms in total. The summed E-state index contributed by atoms with van der Waals surface area (Å²) < 4.78 is 10.1. The minimum absolute atomic E-state index is 0. The van der Waals surface area contributed by atoms with E-state index in [1.165, 1.54) is 7.11 Å². The Kier molecular flexibility index (Phi) is 3.14. The molecule has 14 heavy (non-hydrogen) atoms. The Morgan fingerprint density at radius 3 is 2.71 bits per heavy atom. The number of fused-ring (bicyclic) bond motifs is 1. The summed E-state index contributed by atoms with van der Waals surface area (Å²) >= 11 is 0. The fraction of sp³-hybridized carbons (Fsp3) is 0.100. The van der Waals surface area contributed by atoms with Gasteiger partial charge >= 0.3 is 0 Å². The van der Waals surface area contributed by atoms with Crippen LogP contribution in [0.1, 0.15) is 5.76 Å². The molecule has 0 aliphatic rings. The number of rotatable bonds is 1. The Morgan fingerprint density at radius 1 is 1.36 bits per heavy atom. The van der Waals surface area contributed by atoms with Gasteiger partial charge in [-0.1, -0.05) is 18.2 Å². The Bertz CT molecular complexity index is 417. The molecule has 2 aromatic rings. The predicted molar refractivity (Wildman–Crippen MR) is 57.3 cm³/mol. The van der Waals surface area contributed by atoms with Crippen molar-refractivity contribution in [2.24, 2.45) is 0 Å². The van der Waals surface area contributed by atoms with Crippen molar-refractivity contribution in [3.05, 3.63) is 36.1 Å². The average molecular weight is 212 g/mol. The molecule has 0 spiro atoms. The van der Waals surface area contributed by atoms with E-state index in [0.29, 0.717) is 5.76 Å². The van der Waals surface area contributed by atoms with Crippen molar-refractivity contribution in [1.29, 1.82) is 5.41 Å². The van der Waals surface area contributed by atoms with Crippen molar-refractivity contribution in [3.8, 4) is 0 Å². The molecule has 0 bridgehead atoms. The van der Waals surface area contributed by atoms with E-state index in [1.807, 2.05) is 24.3 Å². The lowest BCUT2D eigenvalue weighted by Crippen LogP contribution is -1.98. The number of halogens is 1. The highest BCUT2D eigenvalue weighted by atomic mass is 35.5. The lowest BCUT2D eigenvalue weighted by molar-refractivity contribution is 0.387. The number of methoxy groups -OCH3 is 1. The van der Waals surface area contributed by atoms with Gasteiger partial charge in [-0.3, -0.25) is 5.41 Å². The second kappa shape index (κ2) is 4.15. The van der Waals surface area contributed by atoms with E-state index in [-0.39, 0.29) is 18.3 Å². The van der Waals surface area contributed by atoms with Gasteiger partial charge in [0.1, 0.15) is 5.58 Å². The Hall–Kier alpha value is -1.48. The van der Waals surface area contributed by atoms with Gasteiger partial charge in [-0.05, 0) is 12.1 Å². The van der Waals surface area contributed by atoms with Crippen LogP contribution in [0, 0.1) is 5.41 Å². The standard InChI is InChI=1S/C10H9NO2.ClH/c1-12-10(11)9-6-7-4-2-3-5-8(7)13-9;/h2-6,11H,1H3;1H. The summed E-state index contributed by atoms with van der Waals surface area (Å²) in [5.74, 6) is 0.514. The van der Waals surface area contributed by atoms with E-state index in [4.69, 9.17) is 14.6 Å². The van der Waals surface area contributed by atoms with Crippen LogP contribution in [0.15, 0.2) is 34.7 Å². The third-order valence-corrected chi connectivity index (χ3v) is 1.85. The highest BCUT2D eigenvalue weighted by molar-refractivity contribution is 5.93. The zero-order chi connectivity index (χ0) is 9.26. The zero-order valence-electron chi connectivity index (χ0n) is 7.61. The molecule has 0 fully saturated rings. The molecule has 0 aliphatic carbocycles. The molecular weight excluding hydrogens is 202 g/mol. The number of ether oxygens (including phenoxy) is 1. The van der Waals surface area contributed by atoms with Crippen LogP contribution in [0.2, 0.25) is 0 Å². The van der Waals surface area contributed by atoms with Crippen molar-refractivity contribution in [2.45, 2.75) is 0 Å². The van der Waals surface area contributed by atoms with Crippen LogP contribution in [-0.4, -0.2) is 13.0 Å². The zero-order valence-corrected chi connectivity index (χ0v) is 8.43. The summed E-state index contributed by atoms with van der Waals surface area (Å²) in [6, 6.07) is 9.41. The largest absolute Gasteiger partial charge is 0.479 e. The summed E-state index contributed by atoms with van der Waals surface area (Å²) in [4.78, 5) is 0. The number of nitrogens with one attached hydrogen (secondary N) is 1. The van der Waals surface area contributed by atoms with Crippen LogP contribution < -0.4 is 0 Å². The Balaban J connectivity index is 0.000000980. The summed E-state index contributed by atoms with van der Waals surface area (Å²) in [7, 11) is 1.45. The lowest BCUT2D eigenvalue weighted by Gasteiger charge is -1.94. The summed E-state index contributed by atoms with van der Waals surface area (Å²) in [6.07, 6.45) is 0. The Labute approximate surface area is 87.6 Å². The summed E-state index contributed by atoms with van der Waals surface area (Å²) in [5, 5.41) is 8.38. The molecule has 0 unspecified atom stereocenters. The van der Waals surface area contributed by atoms with E-state index in [1.54, 1.807) is 6.07 Å². The minimum Gasteiger partial charge on any atom is -0.479 e. The number of furan rings is 1. The van der Waals surface area contributed by atoms with Crippen molar-refractivity contribution >= 4 is 29.3 Å². The van der Waals surface area contributed by atoms with E-state index in [9.17, 15) is 0 Å². The maximum atomic E-state index is 7.39. The van der Waals surface area contributed by atoms with E-state index < -0.39 is 0 Å². The topological polar surface area (TPSA) is 46.2 Å². The first-order valence-corrected chi connectivity index (χ1v) is 3.93. The van der Waals surface area contributed by atoms with Crippen molar-refractivity contribution in [3.63, 3.8) is 0 Å². The molecule has 0 amide bonds. The summed E-state index contributed by atoms with van der Waals surface area (Å²) in [6.45, 7) is 0. The van der Waals surface area contributed by atoms with Gasteiger partial charge in [0.05, 0.1) is 7.11 Å². The van der Waals surface area contributed by atoms with Gasteiger partial charge in [-0.15, -0.1) is 12.4 Å². The first-order chi connectivity index (χ1) is 6.31. The molecule has 4 heteroatoms. The number of para-hydroxylation sites is 1. The number of hydrogen-bond acceptors (Lipinski definition) is 3. The molecule has 0 aliphatic heterocycles. The number of hydrogen-bond donors (Lipinski definition) is 1. The van der Waals surface area contributed by atoms with Crippen LogP contribution in [-0.2, 0) is 4.74 Å². The first kappa shape index (κ1) is 10.6. The third-order valence-electron chi connectivity index (χ3n) is 1.85. The van der Waals surface area contributed by atoms with E-state index in [2.05, 4.69) is 0 Å². The fourth-order valence-corrected chi connectivity index (χ4v) is 1.19. The SMILES string of the molecule is COC(=N)c1cc2ccccc2o1.Cl. The maximum Gasteiger partial charge on any atom is 0.249 e. The van der Waals surface area contributed by atoms with Crippen molar-refractivity contribution in [1.82, 2.24) is 0 Å². The third kappa shape index (κ3) is 1.72. The van der Waals surface area contributed by atoms with E-state index >= 15 is 0 Å². The molecule has 0 saturated heterocycles. The lowest BCUT2D eigenvalue weighted by atomic mass is 10.2. The Morgan fingerprint density at radius 2 is 2.07 bits per heavy atom. The normalized spacial score (nSPS) is 9.50. The van der Waals surface area contributed by atoms with E-state index in [0.717, 1.165) is 11.0 Å². The van der Waals surface area contributed by atoms with Crippen LogP contribution in [0.3, 0.4) is 0 Å². The van der Waals surface area contributed by atoms with Gasteiger partial charge in [0, 0.05) is 5.39 Å². The molecular formula is C10H10ClNO2. The second-order valence-electron chi connectivity index (χ2n) is 2.68. The minimum atomic E-state index is 0. The number of benzene rings is 1. The van der Waals surface area contributed by atoms with Crippen molar-refractivity contribution in [2.75, 3.05) is 7.11 Å². The molecule has 1 aromatic heterocycles. The molecule has 1 aromatic carbocycles. The second-order valence-corrected chi connectivity index (χ2v) is 2.68. The molecule has 2 rings (SSSR count). The predicted octanol–water partition coefficient (Wildman–Crippen LogP) is 2.83. The molecule has 0 saturated carbocycles. The maximum absolute atomic E-state index is 7.39. The van der Waals surface area contributed by atoms with Crippen LogP contribution in [0.25, 0.3) is 11.0 Å². The first-order valence-electron chi connectivity index (χ1n) is 3.93. The highest BCUT2D eigenvalue weighted by Crippen LogP contribution is 2.18.